The predicted molar refractivity (Wildman–Crippen MR) is 76.9 cm³/mol. The van der Waals surface area contributed by atoms with Crippen molar-refractivity contribution in [3.8, 4) is 0 Å². The SMILES string of the molecule is Cc1nnc(N(C)CCOC(C)C)c(C(=N)N)c1C. The number of aromatic nitrogens is 2. The average Bonchev–Trinajstić information content (AvgIpc) is 2.31. The minimum atomic E-state index is 0.0159. The largest absolute Gasteiger partial charge is 0.384 e. The molecule has 1 aromatic rings. The number of likely N-dealkylation sites (N-methyl/N-ethyl adjacent to an activating group) is 1. The smallest absolute Gasteiger partial charge is 0.162 e. The lowest BCUT2D eigenvalue weighted by atomic mass is 10.1. The van der Waals surface area contributed by atoms with E-state index in [-0.39, 0.29) is 11.9 Å². The molecule has 0 amide bonds. The van der Waals surface area contributed by atoms with Crippen molar-refractivity contribution in [1.29, 1.82) is 5.41 Å². The van der Waals surface area contributed by atoms with Crippen LogP contribution in [0.2, 0.25) is 0 Å². The first-order chi connectivity index (χ1) is 8.84. The van der Waals surface area contributed by atoms with Crippen LogP contribution in [0.5, 0.6) is 0 Å². The first-order valence-corrected chi connectivity index (χ1v) is 6.35. The zero-order valence-corrected chi connectivity index (χ0v) is 12.3. The minimum absolute atomic E-state index is 0.0159. The van der Waals surface area contributed by atoms with Gasteiger partial charge in [0.05, 0.1) is 24.0 Å². The number of anilines is 1. The van der Waals surface area contributed by atoms with Crippen molar-refractivity contribution in [3.63, 3.8) is 0 Å². The maximum absolute atomic E-state index is 7.70. The number of nitrogen functional groups attached to an aromatic ring is 1. The second-order valence-electron chi connectivity index (χ2n) is 4.86. The molecule has 106 valence electrons. The summed E-state index contributed by atoms with van der Waals surface area (Å²) in [5.74, 6) is 0.644. The van der Waals surface area contributed by atoms with Gasteiger partial charge in [0.1, 0.15) is 5.84 Å². The van der Waals surface area contributed by atoms with Crippen LogP contribution in [0.3, 0.4) is 0 Å². The molecular weight excluding hydrogens is 242 g/mol. The summed E-state index contributed by atoms with van der Waals surface area (Å²) in [7, 11) is 1.90. The Balaban J connectivity index is 2.93. The average molecular weight is 265 g/mol. The highest BCUT2D eigenvalue weighted by Gasteiger charge is 2.16. The van der Waals surface area contributed by atoms with Gasteiger partial charge < -0.3 is 15.4 Å². The molecule has 0 aliphatic rings. The highest BCUT2D eigenvalue weighted by Crippen LogP contribution is 2.20. The van der Waals surface area contributed by atoms with Crippen LogP contribution in [0, 0.1) is 19.3 Å². The molecule has 0 aromatic carbocycles. The molecule has 1 heterocycles. The van der Waals surface area contributed by atoms with E-state index in [0.717, 1.165) is 11.3 Å². The lowest BCUT2D eigenvalue weighted by Gasteiger charge is -2.22. The fraction of sp³-hybridized carbons (Fsp3) is 0.615. The topological polar surface area (TPSA) is 88.1 Å². The van der Waals surface area contributed by atoms with Crippen molar-refractivity contribution in [2.45, 2.75) is 33.8 Å². The molecule has 19 heavy (non-hydrogen) atoms. The number of amidine groups is 1. The van der Waals surface area contributed by atoms with Gasteiger partial charge in [-0.2, -0.15) is 5.10 Å². The molecule has 0 radical (unpaired) electrons. The quantitative estimate of drug-likeness (QED) is 0.597. The highest BCUT2D eigenvalue weighted by atomic mass is 16.5. The van der Waals surface area contributed by atoms with E-state index in [2.05, 4.69) is 10.2 Å². The molecule has 0 bridgehead atoms. The van der Waals surface area contributed by atoms with E-state index in [4.69, 9.17) is 15.9 Å². The maximum Gasteiger partial charge on any atom is 0.162 e. The molecule has 0 aliphatic carbocycles. The molecule has 6 nitrogen and oxygen atoms in total. The van der Waals surface area contributed by atoms with Crippen molar-refractivity contribution >= 4 is 11.7 Å². The Labute approximate surface area is 114 Å². The van der Waals surface area contributed by atoms with Crippen molar-refractivity contribution < 1.29 is 4.74 Å². The third-order valence-corrected chi connectivity index (χ3v) is 2.94. The van der Waals surface area contributed by atoms with Crippen LogP contribution in [0.25, 0.3) is 0 Å². The number of rotatable bonds is 6. The summed E-state index contributed by atoms with van der Waals surface area (Å²) in [4.78, 5) is 1.92. The zero-order chi connectivity index (χ0) is 14.6. The minimum Gasteiger partial charge on any atom is -0.384 e. The summed E-state index contributed by atoms with van der Waals surface area (Å²) < 4.78 is 5.51. The molecule has 0 fully saturated rings. The van der Waals surface area contributed by atoms with Gasteiger partial charge in [0, 0.05) is 13.6 Å². The lowest BCUT2D eigenvalue weighted by molar-refractivity contribution is 0.0845. The predicted octanol–water partition coefficient (Wildman–Crippen LogP) is 1.24. The molecule has 0 saturated carbocycles. The van der Waals surface area contributed by atoms with Gasteiger partial charge in [-0.1, -0.05) is 0 Å². The first kappa shape index (κ1) is 15.4. The summed E-state index contributed by atoms with van der Waals surface area (Å²) in [5, 5.41) is 16.0. The van der Waals surface area contributed by atoms with Crippen LogP contribution in [0.15, 0.2) is 0 Å². The Morgan fingerprint density at radius 3 is 2.53 bits per heavy atom. The first-order valence-electron chi connectivity index (χ1n) is 6.35. The number of ether oxygens (including phenoxy) is 1. The Morgan fingerprint density at radius 2 is 2.00 bits per heavy atom. The van der Waals surface area contributed by atoms with Crippen LogP contribution in [-0.2, 0) is 4.74 Å². The second kappa shape index (κ2) is 6.47. The summed E-state index contributed by atoms with van der Waals surface area (Å²) in [5.41, 5.74) is 8.00. The Hall–Kier alpha value is -1.69. The Kier molecular flexibility index (Phi) is 5.23. The molecule has 0 saturated heterocycles. The number of nitrogens with two attached hydrogens (primary N) is 1. The number of nitrogens with zero attached hydrogens (tertiary/aromatic N) is 3. The van der Waals surface area contributed by atoms with E-state index < -0.39 is 0 Å². The second-order valence-corrected chi connectivity index (χ2v) is 4.86. The molecular formula is C13H23N5O. The number of hydrogen-bond donors (Lipinski definition) is 2. The molecule has 1 rings (SSSR count). The summed E-state index contributed by atoms with van der Waals surface area (Å²) in [6.07, 6.45) is 0.200. The van der Waals surface area contributed by atoms with E-state index in [0.29, 0.717) is 24.5 Å². The number of hydrogen-bond acceptors (Lipinski definition) is 5. The van der Waals surface area contributed by atoms with E-state index in [1.54, 1.807) is 0 Å². The fourth-order valence-electron chi connectivity index (χ4n) is 1.72. The van der Waals surface area contributed by atoms with E-state index in [1.807, 2.05) is 39.6 Å². The molecule has 0 atom stereocenters. The van der Waals surface area contributed by atoms with Gasteiger partial charge in [-0.05, 0) is 33.3 Å². The maximum atomic E-state index is 7.70. The summed E-state index contributed by atoms with van der Waals surface area (Å²) >= 11 is 0. The van der Waals surface area contributed by atoms with Crippen molar-refractivity contribution in [2.75, 3.05) is 25.1 Å². The summed E-state index contributed by atoms with van der Waals surface area (Å²) in [6.45, 7) is 9.03. The monoisotopic (exact) mass is 265 g/mol. The van der Waals surface area contributed by atoms with E-state index in [9.17, 15) is 0 Å². The Morgan fingerprint density at radius 1 is 1.37 bits per heavy atom. The summed E-state index contributed by atoms with van der Waals surface area (Å²) in [6, 6.07) is 0. The fourth-order valence-corrected chi connectivity index (χ4v) is 1.72. The number of nitrogens with one attached hydrogen (secondary N) is 1. The third kappa shape index (κ3) is 3.89. The normalized spacial score (nSPS) is 10.8. The van der Waals surface area contributed by atoms with Crippen LogP contribution in [0.4, 0.5) is 5.82 Å². The van der Waals surface area contributed by atoms with Crippen LogP contribution >= 0.6 is 0 Å². The van der Waals surface area contributed by atoms with Crippen LogP contribution in [-0.4, -0.2) is 42.3 Å². The third-order valence-electron chi connectivity index (χ3n) is 2.94. The lowest BCUT2D eigenvalue weighted by Crippen LogP contribution is -2.29. The van der Waals surface area contributed by atoms with Gasteiger partial charge in [0.25, 0.3) is 0 Å². The van der Waals surface area contributed by atoms with Crippen molar-refractivity contribution in [2.24, 2.45) is 5.73 Å². The van der Waals surface area contributed by atoms with E-state index in [1.165, 1.54) is 0 Å². The molecule has 3 N–H and O–H groups in total. The standard InChI is InChI=1S/C13H23N5O/c1-8(2)19-7-6-18(5)13-11(12(14)15)9(3)10(4)16-17-13/h8H,6-7H2,1-5H3,(H3,14,15). The van der Waals surface area contributed by atoms with Gasteiger partial charge in [-0.3, -0.25) is 5.41 Å². The molecule has 0 unspecified atom stereocenters. The van der Waals surface area contributed by atoms with Gasteiger partial charge in [0.15, 0.2) is 5.82 Å². The van der Waals surface area contributed by atoms with Crippen LogP contribution < -0.4 is 10.6 Å². The molecule has 1 aromatic heterocycles. The van der Waals surface area contributed by atoms with Gasteiger partial charge in [-0.15, -0.1) is 5.10 Å². The van der Waals surface area contributed by atoms with Crippen molar-refractivity contribution in [3.05, 3.63) is 16.8 Å². The molecule has 6 heteroatoms. The van der Waals surface area contributed by atoms with Gasteiger partial charge >= 0.3 is 0 Å². The Bertz CT molecular complexity index is 459. The zero-order valence-electron chi connectivity index (χ0n) is 12.3. The van der Waals surface area contributed by atoms with E-state index >= 15 is 0 Å². The van der Waals surface area contributed by atoms with Crippen LogP contribution in [0.1, 0.15) is 30.7 Å². The van der Waals surface area contributed by atoms with Gasteiger partial charge in [-0.25, -0.2) is 0 Å². The highest BCUT2D eigenvalue weighted by molar-refractivity contribution is 6.01. The molecule has 0 spiro atoms. The van der Waals surface area contributed by atoms with Crippen molar-refractivity contribution in [1.82, 2.24) is 10.2 Å². The molecule has 0 aliphatic heterocycles. The number of aryl methyl sites for hydroxylation is 1. The van der Waals surface area contributed by atoms with Gasteiger partial charge in [0.2, 0.25) is 0 Å².